The Bertz CT molecular complexity index is 506. The van der Waals surface area contributed by atoms with Crippen molar-refractivity contribution in [3.8, 4) is 0 Å². The monoisotopic (exact) mass is 284 g/mol. The molecule has 1 aromatic carbocycles. The molecule has 1 saturated heterocycles. The highest BCUT2D eigenvalue weighted by Gasteiger charge is 2.35. The average molecular weight is 284 g/mol. The lowest BCUT2D eigenvalue weighted by atomic mass is 9.91. The van der Waals surface area contributed by atoms with E-state index in [-0.39, 0.29) is 0 Å². The predicted octanol–water partition coefficient (Wildman–Crippen LogP) is 4.02. The van der Waals surface area contributed by atoms with Gasteiger partial charge < -0.3 is 10.2 Å². The van der Waals surface area contributed by atoms with Crippen molar-refractivity contribution >= 4 is 5.69 Å². The number of nitrogens with zero attached hydrogens (tertiary/aromatic N) is 1. The molecule has 114 valence electrons. The average Bonchev–Trinajstić information content (AvgIpc) is 3.20. The zero-order valence-electron chi connectivity index (χ0n) is 13.3. The largest absolute Gasteiger partial charge is 0.368 e. The molecule has 2 aliphatic carbocycles. The van der Waals surface area contributed by atoms with Crippen molar-refractivity contribution in [2.45, 2.75) is 70.5 Å². The second-order valence-corrected chi connectivity index (χ2v) is 7.38. The molecule has 2 atom stereocenters. The van der Waals surface area contributed by atoms with Crippen LogP contribution in [0.25, 0.3) is 0 Å². The number of aryl methyl sites for hydroxylation is 1. The summed E-state index contributed by atoms with van der Waals surface area (Å²) < 4.78 is 0. The van der Waals surface area contributed by atoms with E-state index in [1.165, 1.54) is 68.3 Å². The van der Waals surface area contributed by atoms with Crippen LogP contribution < -0.4 is 10.2 Å². The third-order valence-electron chi connectivity index (χ3n) is 5.70. The maximum Gasteiger partial charge on any atom is 0.0414 e. The molecular formula is C19H28N2. The van der Waals surface area contributed by atoms with Crippen molar-refractivity contribution in [3.63, 3.8) is 0 Å². The van der Waals surface area contributed by atoms with Gasteiger partial charge in [-0.3, -0.25) is 0 Å². The molecule has 21 heavy (non-hydrogen) atoms. The molecule has 2 unspecified atom stereocenters. The molecule has 0 bridgehead atoms. The van der Waals surface area contributed by atoms with E-state index in [1.54, 1.807) is 0 Å². The van der Waals surface area contributed by atoms with Crippen molar-refractivity contribution in [2.24, 2.45) is 5.92 Å². The Hall–Kier alpha value is -1.02. The minimum absolute atomic E-state index is 0.791. The molecule has 0 aromatic heterocycles. The highest BCUT2D eigenvalue weighted by Crippen LogP contribution is 2.40. The summed E-state index contributed by atoms with van der Waals surface area (Å²) in [6.45, 7) is 4.54. The third kappa shape index (κ3) is 2.83. The van der Waals surface area contributed by atoms with Crippen LogP contribution in [0.3, 0.4) is 0 Å². The van der Waals surface area contributed by atoms with Gasteiger partial charge in [-0.1, -0.05) is 24.1 Å². The second kappa shape index (κ2) is 5.64. The number of hydrogen-bond acceptors (Lipinski definition) is 2. The number of fused-ring (bicyclic) bond motifs is 1. The topological polar surface area (TPSA) is 15.3 Å². The van der Waals surface area contributed by atoms with E-state index < -0.39 is 0 Å². The van der Waals surface area contributed by atoms with E-state index >= 15 is 0 Å². The van der Waals surface area contributed by atoms with E-state index in [9.17, 15) is 0 Å². The maximum atomic E-state index is 3.71. The fourth-order valence-electron chi connectivity index (χ4n) is 4.43. The van der Waals surface area contributed by atoms with Crippen molar-refractivity contribution in [2.75, 3.05) is 11.4 Å². The van der Waals surface area contributed by atoms with Crippen molar-refractivity contribution < 1.29 is 0 Å². The van der Waals surface area contributed by atoms with Gasteiger partial charge in [-0.15, -0.1) is 0 Å². The summed E-state index contributed by atoms with van der Waals surface area (Å²) in [5, 5.41) is 3.71. The zero-order valence-corrected chi connectivity index (χ0v) is 13.3. The molecule has 1 N–H and O–H groups in total. The summed E-state index contributed by atoms with van der Waals surface area (Å²) in [5.74, 6) is 0.962. The second-order valence-electron chi connectivity index (χ2n) is 7.38. The molecule has 3 fully saturated rings. The highest BCUT2D eigenvalue weighted by atomic mass is 15.2. The Labute approximate surface area is 128 Å². The normalized spacial score (nSPS) is 28.7. The van der Waals surface area contributed by atoms with Crippen LogP contribution in [0.4, 0.5) is 5.69 Å². The van der Waals surface area contributed by atoms with Crippen molar-refractivity contribution in [1.82, 2.24) is 5.32 Å². The number of benzene rings is 1. The molecule has 2 heteroatoms. The summed E-state index contributed by atoms with van der Waals surface area (Å²) in [7, 11) is 0. The van der Waals surface area contributed by atoms with Crippen LogP contribution in [-0.4, -0.2) is 18.6 Å². The standard InChI is InChI=1S/C19H28N2/c1-14-7-10-19(16(12-14)13-20-17-8-9-17)21-11-3-5-15-4-2-6-18(15)21/h7,10,12,15,17-18,20H,2-6,8-9,11,13H2,1H3. The van der Waals surface area contributed by atoms with E-state index in [0.29, 0.717) is 0 Å². The minimum Gasteiger partial charge on any atom is -0.368 e. The fraction of sp³-hybridized carbons (Fsp3) is 0.684. The summed E-state index contributed by atoms with van der Waals surface area (Å²) in [6.07, 6.45) is 9.89. The fourth-order valence-corrected chi connectivity index (χ4v) is 4.43. The summed E-state index contributed by atoms with van der Waals surface area (Å²) in [5.41, 5.74) is 4.44. The van der Waals surface area contributed by atoms with Crippen molar-refractivity contribution in [1.29, 1.82) is 0 Å². The van der Waals surface area contributed by atoms with E-state index in [0.717, 1.165) is 24.5 Å². The number of nitrogens with one attached hydrogen (secondary N) is 1. The number of rotatable bonds is 4. The molecule has 0 spiro atoms. The van der Waals surface area contributed by atoms with E-state index in [2.05, 4.69) is 35.3 Å². The lowest BCUT2D eigenvalue weighted by molar-refractivity contribution is 0.362. The summed E-state index contributed by atoms with van der Waals surface area (Å²) in [6, 6.07) is 8.71. The molecule has 0 amide bonds. The maximum absolute atomic E-state index is 3.71. The molecule has 0 radical (unpaired) electrons. The Morgan fingerprint density at radius 1 is 1.10 bits per heavy atom. The predicted molar refractivity (Wildman–Crippen MR) is 88.7 cm³/mol. The Balaban J connectivity index is 1.59. The molecular weight excluding hydrogens is 256 g/mol. The van der Waals surface area contributed by atoms with Crippen LogP contribution in [0.1, 0.15) is 56.1 Å². The Kier molecular flexibility index (Phi) is 3.66. The van der Waals surface area contributed by atoms with Crippen LogP contribution in [0.2, 0.25) is 0 Å². The Morgan fingerprint density at radius 3 is 2.81 bits per heavy atom. The molecule has 4 rings (SSSR count). The van der Waals surface area contributed by atoms with Gasteiger partial charge in [-0.2, -0.15) is 0 Å². The van der Waals surface area contributed by atoms with Gasteiger partial charge in [0.15, 0.2) is 0 Å². The first-order chi connectivity index (χ1) is 10.3. The first-order valence-electron chi connectivity index (χ1n) is 8.91. The lowest BCUT2D eigenvalue weighted by Crippen LogP contribution is -2.43. The van der Waals surface area contributed by atoms with E-state index in [1.807, 2.05) is 0 Å². The Morgan fingerprint density at radius 2 is 1.95 bits per heavy atom. The lowest BCUT2D eigenvalue weighted by Gasteiger charge is -2.40. The minimum atomic E-state index is 0.791. The smallest absolute Gasteiger partial charge is 0.0414 e. The highest BCUT2D eigenvalue weighted by molar-refractivity contribution is 5.56. The van der Waals surface area contributed by atoms with Crippen LogP contribution in [0, 0.1) is 12.8 Å². The zero-order chi connectivity index (χ0) is 14.2. The van der Waals surface area contributed by atoms with Gasteiger partial charge >= 0.3 is 0 Å². The van der Waals surface area contributed by atoms with Crippen LogP contribution in [0.5, 0.6) is 0 Å². The van der Waals surface area contributed by atoms with Crippen molar-refractivity contribution in [3.05, 3.63) is 29.3 Å². The van der Waals surface area contributed by atoms with Gasteiger partial charge in [-0.25, -0.2) is 0 Å². The molecule has 2 saturated carbocycles. The first kappa shape index (κ1) is 13.6. The number of hydrogen-bond donors (Lipinski definition) is 1. The van der Waals surface area contributed by atoms with Gasteiger partial charge in [-0.05, 0) is 63.0 Å². The molecule has 2 nitrogen and oxygen atoms in total. The first-order valence-corrected chi connectivity index (χ1v) is 8.91. The SMILES string of the molecule is Cc1ccc(N2CCCC3CCCC32)c(CNC2CC2)c1. The van der Waals surface area contributed by atoms with Gasteiger partial charge in [0.25, 0.3) is 0 Å². The number of piperidine rings is 1. The summed E-state index contributed by atoms with van der Waals surface area (Å²) in [4.78, 5) is 2.75. The van der Waals surface area contributed by atoms with Gasteiger partial charge in [0, 0.05) is 30.9 Å². The van der Waals surface area contributed by atoms with Crippen LogP contribution in [0.15, 0.2) is 18.2 Å². The number of anilines is 1. The van der Waals surface area contributed by atoms with Crippen LogP contribution >= 0.6 is 0 Å². The quantitative estimate of drug-likeness (QED) is 0.898. The summed E-state index contributed by atoms with van der Waals surface area (Å²) >= 11 is 0. The molecule has 1 aromatic rings. The van der Waals surface area contributed by atoms with Gasteiger partial charge in [0.2, 0.25) is 0 Å². The van der Waals surface area contributed by atoms with Gasteiger partial charge in [0.1, 0.15) is 0 Å². The molecule has 1 heterocycles. The molecule has 1 aliphatic heterocycles. The van der Waals surface area contributed by atoms with Crippen LogP contribution in [-0.2, 0) is 6.54 Å². The third-order valence-corrected chi connectivity index (χ3v) is 5.70. The van der Waals surface area contributed by atoms with Gasteiger partial charge in [0.05, 0.1) is 0 Å². The van der Waals surface area contributed by atoms with E-state index in [4.69, 9.17) is 0 Å². The molecule has 3 aliphatic rings.